The number of benzene rings is 1. The van der Waals surface area contributed by atoms with E-state index in [0.717, 1.165) is 37.6 Å². The van der Waals surface area contributed by atoms with Gasteiger partial charge in [-0.2, -0.15) is 0 Å². The third kappa shape index (κ3) is 2.72. The van der Waals surface area contributed by atoms with E-state index in [4.69, 9.17) is 0 Å². The number of hydrogen-bond acceptors (Lipinski definition) is 3. The van der Waals surface area contributed by atoms with Crippen LogP contribution in [0, 0.1) is 0 Å². The molecule has 0 saturated carbocycles. The fourth-order valence-electron chi connectivity index (χ4n) is 1.62. The maximum absolute atomic E-state index is 4.37. The number of rotatable bonds is 2. The first kappa shape index (κ1) is 10.0. The predicted octanol–water partition coefficient (Wildman–Crippen LogP) is 2.01. The van der Waals surface area contributed by atoms with Crippen LogP contribution in [-0.2, 0) is 6.42 Å². The zero-order valence-electron chi connectivity index (χ0n) is 9.09. The maximum Gasteiger partial charge on any atom is 0.195 e. The molecule has 0 aliphatic carbocycles. The van der Waals surface area contributed by atoms with E-state index in [0.29, 0.717) is 0 Å². The summed E-state index contributed by atoms with van der Waals surface area (Å²) >= 11 is 0. The van der Waals surface area contributed by atoms with E-state index in [2.05, 4.69) is 46.8 Å². The van der Waals surface area contributed by atoms with Gasteiger partial charge in [0.15, 0.2) is 5.96 Å². The molecule has 80 valence electrons. The molecule has 3 nitrogen and oxygen atoms in total. The molecule has 0 atom stereocenters. The Bertz CT molecular complexity index is 358. The SMILES string of the molecule is CCc1cccc(NC2=NCCCN2)c1. The van der Waals surface area contributed by atoms with Gasteiger partial charge in [-0.05, 0) is 30.5 Å². The first-order valence-corrected chi connectivity index (χ1v) is 5.53. The lowest BCUT2D eigenvalue weighted by Crippen LogP contribution is -2.35. The molecule has 0 unspecified atom stereocenters. The highest BCUT2D eigenvalue weighted by Gasteiger charge is 2.03. The fourth-order valence-corrected chi connectivity index (χ4v) is 1.62. The highest BCUT2D eigenvalue weighted by Crippen LogP contribution is 2.11. The standard InChI is InChI=1S/C12H17N3/c1-2-10-5-3-6-11(9-10)15-12-13-7-4-8-14-12/h3,5-6,9H,2,4,7-8H2,1H3,(H2,13,14,15). The Hall–Kier alpha value is -1.51. The molecule has 0 radical (unpaired) electrons. The molecule has 1 aromatic carbocycles. The van der Waals surface area contributed by atoms with Gasteiger partial charge >= 0.3 is 0 Å². The molecule has 15 heavy (non-hydrogen) atoms. The summed E-state index contributed by atoms with van der Waals surface area (Å²) in [5.41, 5.74) is 2.46. The van der Waals surface area contributed by atoms with Crippen LogP contribution in [0.4, 0.5) is 5.69 Å². The minimum Gasteiger partial charge on any atom is -0.356 e. The Morgan fingerprint density at radius 2 is 2.40 bits per heavy atom. The van der Waals surface area contributed by atoms with Crippen molar-refractivity contribution in [2.24, 2.45) is 4.99 Å². The van der Waals surface area contributed by atoms with Crippen LogP contribution in [0.3, 0.4) is 0 Å². The van der Waals surface area contributed by atoms with Crippen molar-refractivity contribution in [3.63, 3.8) is 0 Å². The molecule has 0 aromatic heterocycles. The maximum atomic E-state index is 4.37. The average Bonchev–Trinajstić information content (AvgIpc) is 2.31. The lowest BCUT2D eigenvalue weighted by Gasteiger charge is -2.16. The largest absolute Gasteiger partial charge is 0.356 e. The molecule has 3 heteroatoms. The Kier molecular flexibility index (Phi) is 3.22. The van der Waals surface area contributed by atoms with Crippen LogP contribution < -0.4 is 10.6 Å². The van der Waals surface area contributed by atoms with Crippen LogP contribution in [0.1, 0.15) is 18.9 Å². The van der Waals surface area contributed by atoms with Crippen LogP contribution >= 0.6 is 0 Å². The van der Waals surface area contributed by atoms with Gasteiger partial charge in [0, 0.05) is 18.8 Å². The van der Waals surface area contributed by atoms with E-state index in [1.165, 1.54) is 5.56 Å². The van der Waals surface area contributed by atoms with E-state index in [-0.39, 0.29) is 0 Å². The second kappa shape index (κ2) is 4.82. The first-order chi connectivity index (χ1) is 7.38. The minimum absolute atomic E-state index is 0.898. The molecular formula is C12H17N3. The number of nitrogens with zero attached hydrogens (tertiary/aromatic N) is 1. The predicted molar refractivity (Wildman–Crippen MR) is 64.4 cm³/mol. The monoisotopic (exact) mass is 203 g/mol. The Morgan fingerprint density at radius 3 is 3.13 bits per heavy atom. The van der Waals surface area contributed by atoms with Crippen LogP contribution in [0.15, 0.2) is 29.3 Å². The molecule has 0 spiro atoms. The van der Waals surface area contributed by atoms with Gasteiger partial charge in [0.25, 0.3) is 0 Å². The number of nitrogens with one attached hydrogen (secondary N) is 2. The number of hydrogen-bond donors (Lipinski definition) is 2. The van der Waals surface area contributed by atoms with Crippen molar-refractivity contribution >= 4 is 11.6 Å². The van der Waals surface area contributed by atoms with E-state index < -0.39 is 0 Å². The van der Waals surface area contributed by atoms with E-state index in [1.807, 2.05) is 0 Å². The Balaban J connectivity index is 2.06. The van der Waals surface area contributed by atoms with Gasteiger partial charge in [-0.1, -0.05) is 19.1 Å². The van der Waals surface area contributed by atoms with Gasteiger partial charge in [-0.3, -0.25) is 4.99 Å². The molecule has 1 aliphatic rings. The second-order valence-electron chi connectivity index (χ2n) is 3.69. The van der Waals surface area contributed by atoms with Crippen molar-refractivity contribution in [3.8, 4) is 0 Å². The third-order valence-electron chi connectivity index (χ3n) is 2.50. The molecule has 2 rings (SSSR count). The molecule has 0 amide bonds. The van der Waals surface area contributed by atoms with Gasteiger partial charge in [-0.25, -0.2) is 0 Å². The summed E-state index contributed by atoms with van der Waals surface area (Å²) in [5, 5.41) is 6.54. The van der Waals surface area contributed by atoms with Crippen molar-refractivity contribution in [3.05, 3.63) is 29.8 Å². The van der Waals surface area contributed by atoms with Crippen molar-refractivity contribution in [1.82, 2.24) is 5.32 Å². The molecule has 0 fully saturated rings. The zero-order chi connectivity index (χ0) is 10.5. The first-order valence-electron chi connectivity index (χ1n) is 5.53. The van der Waals surface area contributed by atoms with Crippen molar-refractivity contribution in [1.29, 1.82) is 0 Å². The molecular weight excluding hydrogens is 186 g/mol. The summed E-state index contributed by atoms with van der Waals surface area (Å²) < 4.78 is 0. The van der Waals surface area contributed by atoms with Crippen molar-refractivity contribution in [2.75, 3.05) is 18.4 Å². The van der Waals surface area contributed by atoms with Crippen LogP contribution in [0.2, 0.25) is 0 Å². The lowest BCUT2D eigenvalue weighted by molar-refractivity contribution is 0.740. The number of aliphatic imine (C=N–C) groups is 1. The van der Waals surface area contributed by atoms with Gasteiger partial charge in [0.1, 0.15) is 0 Å². The van der Waals surface area contributed by atoms with Crippen LogP contribution in [0.25, 0.3) is 0 Å². The molecule has 1 aliphatic heterocycles. The van der Waals surface area contributed by atoms with E-state index in [1.54, 1.807) is 0 Å². The van der Waals surface area contributed by atoms with Gasteiger partial charge in [0.05, 0.1) is 0 Å². The third-order valence-corrected chi connectivity index (χ3v) is 2.50. The highest BCUT2D eigenvalue weighted by molar-refractivity contribution is 5.93. The summed E-state index contributed by atoms with van der Waals surface area (Å²) in [4.78, 5) is 4.37. The number of aryl methyl sites for hydroxylation is 1. The summed E-state index contributed by atoms with van der Waals surface area (Å²) in [7, 11) is 0. The molecule has 1 aromatic rings. The Labute approximate surface area is 90.6 Å². The summed E-state index contributed by atoms with van der Waals surface area (Å²) in [6, 6.07) is 8.45. The highest BCUT2D eigenvalue weighted by atomic mass is 15.2. The average molecular weight is 203 g/mol. The zero-order valence-corrected chi connectivity index (χ0v) is 9.09. The topological polar surface area (TPSA) is 36.4 Å². The molecule has 0 bridgehead atoms. The fraction of sp³-hybridized carbons (Fsp3) is 0.417. The minimum atomic E-state index is 0.898. The number of anilines is 1. The summed E-state index contributed by atoms with van der Waals surface area (Å²) in [6.07, 6.45) is 2.19. The van der Waals surface area contributed by atoms with Gasteiger partial charge in [0.2, 0.25) is 0 Å². The van der Waals surface area contributed by atoms with Gasteiger partial charge in [-0.15, -0.1) is 0 Å². The quantitative estimate of drug-likeness (QED) is 0.771. The van der Waals surface area contributed by atoms with Crippen molar-refractivity contribution in [2.45, 2.75) is 19.8 Å². The second-order valence-corrected chi connectivity index (χ2v) is 3.69. The van der Waals surface area contributed by atoms with E-state index in [9.17, 15) is 0 Å². The molecule has 1 heterocycles. The van der Waals surface area contributed by atoms with Crippen LogP contribution in [-0.4, -0.2) is 19.0 Å². The number of guanidine groups is 1. The Morgan fingerprint density at radius 1 is 1.47 bits per heavy atom. The smallest absolute Gasteiger partial charge is 0.195 e. The molecule has 0 saturated heterocycles. The van der Waals surface area contributed by atoms with E-state index >= 15 is 0 Å². The summed E-state index contributed by atoms with van der Waals surface area (Å²) in [6.45, 7) is 4.09. The summed E-state index contributed by atoms with van der Waals surface area (Å²) in [5.74, 6) is 0.898. The van der Waals surface area contributed by atoms with Crippen LogP contribution in [0.5, 0.6) is 0 Å². The molecule has 2 N–H and O–H groups in total. The normalized spacial score (nSPS) is 15.4. The lowest BCUT2D eigenvalue weighted by atomic mass is 10.1. The van der Waals surface area contributed by atoms with Crippen molar-refractivity contribution < 1.29 is 0 Å². The van der Waals surface area contributed by atoms with Gasteiger partial charge < -0.3 is 10.6 Å².